The molecule has 0 aliphatic carbocycles. The van der Waals surface area contributed by atoms with E-state index in [1.165, 1.54) is 6.08 Å². The molecule has 0 aliphatic heterocycles. The number of ether oxygens (including phenoxy) is 1. The highest BCUT2D eigenvalue weighted by molar-refractivity contribution is 6.21. The first-order chi connectivity index (χ1) is 6.20. The molecule has 0 heterocycles. The molecule has 0 rings (SSSR count). The van der Waals surface area contributed by atoms with E-state index in [1.54, 1.807) is 6.08 Å². The van der Waals surface area contributed by atoms with E-state index in [2.05, 4.69) is 6.92 Å². The van der Waals surface area contributed by atoms with E-state index < -0.39 is 0 Å². The Balaban J connectivity index is 3.55. The minimum Gasteiger partial charge on any atom is -0.463 e. The van der Waals surface area contributed by atoms with Gasteiger partial charge in [0.25, 0.3) is 0 Å². The van der Waals surface area contributed by atoms with Gasteiger partial charge in [0.05, 0.1) is 12.0 Å². The van der Waals surface area contributed by atoms with Crippen LogP contribution in [0.25, 0.3) is 0 Å². The average Bonchev–Trinajstić information content (AvgIpc) is 2.14. The van der Waals surface area contributed by atoms with Crippen LogP contribution in [0.2, 0.25) is 0 Å². The molecule has 0 bridgehead atoms. The molecule has 0 aromatic heterocycles. The van der Waals surface area contributed by atoms with Gasteiger partial charge in [0, 0.05) is 6.08 Å². The quantitative estimate of drug-likeness (QED) is 0.288. The van der Waals surface area contributed by atoms with Gasteiger partial charge in [-0.25, -0.2) is 4.79 Å². The second-order valence-corrected chi connectivity index (χ2v) is 3.36. The van der Waals surface area contributed by atoms with E-state index in [1.807, 2.05) is 6.92 Å². The lowest BCUT2D eigenvalue weighted by molar-refractivity contribution is -0.137. The van der Waals surface area contributed by atoms with Gasteiger partial charge in [-0.1, -0.05) is 26.3 Å². The molecule has 0 fully saturated rings. The summed E-state index contributed by atoms with van der Waals surface area (Å²) in [5.41, 5.74) is 0. The zero-order valence-electron chi connectivity index (χ0n) is 8.25. The zero-order valence-corrected chi connectivity index (χ0v) is 9.01. The maximum absolute atomic E-state index is 11.0. The van der Waals surface area contributed by atoms with E-state index in [9.17, 15) is 4.79 Å². The summed E-state index contributed by atoms with van der Waals surface area (Å²) in [5, 5.41) is -0.0706. The molecular weight excluding hydrogens is 188 g/mol. The van der Waals surface area contributed by atoms with Gasteiger partial charge in [-0.2, -0.15) is 0 Å². The molecule has 0 N–H and O–H groups in total. The van der Waals surface area contributed by atoms with E-state index in [4.69, 9.17) is 16.3 Å². The number of halogens is 1. The van der Waals surface area contributed by atoms with Crippen LogP contribution in [0.15, 0.2) is 12.2 Å². The monoisotopic (exact) mass is 204 g/mol. The van der Waals surface area contributed by atoms with Crippen molar-refractivity contribution < 1.29 is 9.53 Å². The van der Waals surface area contributed by atoms with Crippen LogP contribution in [0.5, 0.6) is 0 Å². The van der Waals surface area contributed by atoms with Crippen LogP contribution in [0, 0.1) is 0 Å². The van der Waals surface area contributed by atoms with E-state index >= 15 is 0 Å². The van der Waals surface area contributed by atoms with Gasteiger partial charge in [0.15, 0.2) is 0 Å². The third-order valence-electron chi connectivity index (χ3n) is 1.57. The van der Waals surface area contributed by atoms with Crippen molar-refractivity contribution in [2.24, 2.45) is 0 Å². The summed E-state index contributed by atoms with van der Waals surface area (Å²) in [5.74, 6) is -0.299. The normalized spacial score (nSPS) is 13.2. The summed E-state index contributed by atoms with van der Waals surface area (Å²) in [6.07, 6.45) is 5.83. The number of carbonyl (C=O) groups excluding carboxylic acids is 1. The van der Waals surface area contributed by atoms with Crippen LogP contribution in [0.3, 0.4) is 0 Å². The summed E-state index contributed by atoms with van der Waals surface area (Å²) >= 11 is 5.78. The van der Waals surface area contributed by atoms with Gasteiger partial charge in [-0.3, -0.25) is 0 Å². The molecule has 76 valence electrons. The average molecular weight is 205 g/mol. The number of allylic oxidation sites excluding steroid dienone is 1. The Labute approximate surface area is 84.9 Å². The van der Waals surface area contributed by atoms with Crippen molar-refractivity contribution >= 4 is 17.6 Å². The van der Waals surface area contributed by atoms with Crippen LogP contribution in [-0.2, 0) is 9.53 Å². The first-order valence-electron chi connectivity index (χ1n) is 4.69. The molecule has 0 aromatic carbocycles. The molecule has 0 radical (unpaired) electrons. The zero-order chi connectivity index (χ0) is 10.1. The molecule has 0 saturated carbocycles. The molecule has 1 unspecified atom stereocenters. The molecule has 0 amide bonds. The molecule has 0 saturated heterocycles. The number of unbranched alkanes of at least 4 members (excludes halogenated alkanes) is 1. The highest BCUT2D eigenvalue weighted by Crippen LogP contribution is 2.02. The maximum Gasteiger partial charge on any atom is 0.330 e. The van der Waals surface area contributed by atoms with Crippen molar-refractivity contribution in [3.05, 3.63) is 12.2 Å². The van der Waals surface area contributed by atoms with Crippen LogP contribution >= 0.6 is 11.6 Å². The minimum absolute atomic E-state index is 0.0706. The van der Waals surface area contributed by atoms with Gasteiger partial charge in [0.1, 0.15) is 0 Å². The third kappa shape index (κ3) is 7.85. The number of alkyl halides is 1. The summed E-state index contributed by atoms with van der Waals surface area (Å²) in [7, 11) is 0. The number of hydrogen-bond acceptors (Lipinski definition) is 2. The smallest absolute Gasteiger partial charge is 0.330 e. The highest BCUT2D eigenvalue weighted by atomic mass is 35.5. The van der Waals surface area contributed by atoms with E-state index in [0.717, 1.165) is 19.3 Å². The van der Waals surface area contributed by atoms with Crippen molar-refractivity contribution in [3.8, 4) is 0 Å². The van der Waals surface area contributed by atoms with Crippen LogP contribution in [-0.4, -0.2) is 18.0 Å². The summed E-state index contributed by atoms with van der Waals surface area (Å²) < 4.78 is 4.89. The Hall–Kier alpha value is -0.500. The Morgan fingerprint density at radius 1 is 1.54 bits per heavy atom. The fraction of sp³-hybridized carbons (Fsp3) is 0.700. The predicted octanol–water partition coefficient (Wildman–Crippen LogP) is 2.90. The maximum atomic E-state index is 11.0. The van der Waals surface area contributed by atoms with Crippen molar-refractivity contribution in [1.29, 1.82) is 0 Å². The van der Waals surface area contributed by atoms with Gasteiger partial charge in [0.2, 0.25) is 0 Å². The molecule has 0 spiro atoms. The fourth-order valence-electron chi connectivity index (χ4n) is 0.684. The van der Waals surface area contributed by atoms with Crippen molar-refractivity contribution in [1.82, 2.24) is 0 Å². The largest absolute Gasteiger partial charge is 0.463 e. The standard InChI is InChI=1S/C10H17ClO2/c1-3-5-8-13-10(12)7-6-9(11)4-2/h6-7,9H,3-5,8H2,1-2H3. The Kier molecular flexibility index (Phi) is 7.80. The number of rotatable bonds is 6. The predicted molar refractivity (Wildman–Crippen MR) is 54.9 cm³/mol. The number of hydrogen-bond donors (Lipinski definition) is 0. The summed E-state index contributed by atoms with van der Waals surface area (Å²) in [4.78, 5) is 11.0. The SMILES string of the molecule is CCCCOC(=O)C=CC(Cl)CC. The van der Waals surface area contributed by atoms with Crippen molar-refractivity contribution in [3.63, 3.8) is 0 Å². The van der Waals surface area contributed by atoms with Gasteiger partial charge in [-0.15, -0.1) is 11.6 Å². The van der Waals surface area contributed by atoms with E-state index in [-0.39, 0.29) is 11.3 Å². The van der Waals surface area contributed by atoms with E-state index in [0.29, 0.717) is 6.61 Å². The topological polar surface area (TPSA) is 26.3 Å². The fourth-order valence-corrected chi connectivity index (χ4v) is 0.757. The lowest BCUT2D eigenvalue weighted by Crippen LogP contribution is -2.03. The highest BCUT2D eigenvalue weighted by Gasteiger charge is 1.98. The molecular formula is C10H17ClO2. The molecule has 2 nitrogen and oxygen atoms in total. The van der Waals surface area contributed by atoms with Gasteiger partial charge >= 0.3 is 5.97 Å². The van der Waals surface area contributed by atoms with Crippen LogP contribution < -0.4 is 0 Å². The number of carbonyl (C=O) groups is 1. The van der Waals surface area contributed by atoms with Crippen LogP contribution in [0.4, 0.5) is 0 Å². The Morgan fingerprint density at radius 3 is 2.77 bits per heavy atom. The van der Waals surface area contributed by atoms with Crippen LogP contribution in [0.1, 0.15) is 33.1 Å². The van der Waals surface area contributed by atoms with Gasteiger partial charge < -0.3 is 4.74 Å². The second-order valence-electron chi connectivity index (χ2n) is 2.80. The molecule has 0 aliphatic rings. The lowest BCUT2D eigenvalue weighted by atomic mass is 10.3. The lowest BCUT2D eigenvalue weighted by Gasteiger charge is -2.00. The summed E-state index contributed by atoms with van der Waals surface area (Å²) in [6.45, 7) is 4.51. The molecule has 1 atom stereocenters. The minimum atomic E-state index is -0.299. The molecule has 13 heavy (non-hydrogen) atoms. The molecule has 0 aromatic rings. The third-order valence-corrected chi connectivity index (χ3v) is 2.03. The number of esters is 1. The Morgan fingerprint density at radius 2 is 2.23 bits per heavy atom. The van der Waals surface area contributed by atoms with Crippen molar-refractivity contribution in [2.75, 3.05) is 6.61 Å². The first-order valence-corrected chi connectivity index (χ1v) is 5.13. The summed E-state index contributed by atoms with van der Waals surface area (Å²) in [6, 6.07) is 0. The Bertz CT molecular complexity index is 166. The van der Waals surface area contributed by atoms with Gasteiger partial charge in [-0.05, 0) is 12.8 Å². The first kappa shape index (κ1) is 12.5. The van der Waals surface area contributed by atoms with Crippen molar-refractivity contribution in [2.45, 2.75) is 38.5 Å². The molecule has 3 heteroatoms. The second kappa shape index (κ2) is 8.11.